The van der Waals surface area contributed by atoms with Crippen molar-refractivity contribution in [2.24, 2.45) is 5.14 Å². The Labute approximate surface area is 205 Å². The molecule has 5 rings (SSSR count). The van der Waals surface area contributed by atoms with Crippen molar-refractivity contribution in [1.82, 2.24) is 9.97 Å². The summed E-state index contributed by atoms with van der Waals surface area (Å²) in [5.74, 6) is -0.254. The summed E-state index contributed by atoms with van der Waals surface area (Å²) >= 11 is 0. The second kappa shape index (κ2) is 8.91. The summed E-state index contributed by atoms with van der Waals surface area (Å²) in [7, 11) is -3.84. The van der Waals surface area contributed by atoms with Gasteiger partial charge in [0.1, 0.15) is 11.9 Å². The van der Waals surface area contributed by atoms with Crippen molar-refractivity contribution in [2.45, 2.75) is 43.3 Å². The van der Waals surface area contributed by atoms with E-state index < -0.39 is 21.9 Å². The number of aromatic nitrogens is 2. The molecule has 4 N–H and O–H groups in total. The van der Waals surface area contributed by atoms with Crippen LogP contribution in [0, 0.1) is 0 Å². The summed E-state index contributed by atoms with van der Waals surface area (Å²) in [6, 6.07) is 12.1. The molecule has 0 saturated carbocycles. The van der Waals surface area contributed by atoms with Crippen molar-refractivity contribution in [3.8, 4) is 0 Å². The topological polar surface area (TPSA) is 126 Å². The van der Waals surface area contributed by atoms with Crippen molar-refractivity contribution >= 4 is 33.2 Å². The fourth-order valence-electron chi connectivity index (χ4n) is 4.11. The second-order valence-corrected chi connectivity index (χ2v) is 10.2. The molecular weight excluding hydrogens is 497 g/mol. The number of halogens is 3. The van der Waals surface area contributed by atoms with E-state index in [4.69, 9.17) is 9.88 Å². The molecule has 0 radical (unpaired) electrons. The molecule has 1 aromatic heterocycles. The second-order valence-electron chi connectivity index (χ2n) is 8.65. The highest BCUT2D eigenvalue weighted by molar-refractivity contribution is 7.89. The maximum atomic E-state index is 13.5. The van der Waals surface area contributed by atoms with Crippen LogP contribution in [0.15, 0.2) is 53.4 Å². The molecule has 1 saturated heterocycles. The molecule has 3 aromatic rings. The smallest absolute Gasteiger partial charge is 0.366 e. The van der Waals surface area contributed by atoms with Gasteiger partial charge in [0, 0.05) is 30.5 Å². The largest absolute Gasteiger partial charge is 0.433 e. The first-order valence-corrected chi connectivity index (χ1v) is 12.7. The van der Waals surface area contributed by atoms with Crippen LogP contribution in [0.25, 0.3) is 0 Å². The van der Waals surface area contributed by atoms with Crippen LogP contribution in [0.3, 0.4) is 0 Å². The van der Waals surface area contributed by atoms with E-state index in [0.29, 0.717) is 11.3 Å². The zero-order valence-corrected chi connectivity index (χ0v) is 19.9. The molecule has 36 heavy (non-hydrogen) atoms. The Morgan fingerprint density at radius 3 is 2.50 bits per heavy atom. The number of hydrogen-bond donors (Lipinski definition) is 3. The Hall–Kier alpha value is -3.42. The minimum Gasteiger partial charge on any atom is -0.366 e. The normalized spacial score (nSPS) is 19.2. The van der Waals surface area contributed by atoms with Gasteiger partial charge in [0.05, 0.1) is 4.90 Å². The number of ether oxygens (including phenoxy) is 1. The maximum Gasteiger partial charge on any atom is 0.433 e. The number of primary sulfonamides is 1. The zero-order chi connectivity index (χ0) is 25.7. The standard InChI is InChI=1S/C23H23F3N6O3S/c1-13-21(35-13)32-9-8-15-4-5-16(10-18(15)32)29-22-30-19(23(24,25)26)11-20(31-22)28-12-14-2-6-17(7-3-14)36(27,33)34/h2-7,10-11,13,21H,8-9,12H2,1H3,(H2,27,33,34)(H2,28,29,30,31). The predicted molar refractivity (Wildman–Crippen MR) is 127 cm³/mol. The van der Waals surface area contributed by atoms with E-state index in [9.17, 15) is 21.6 Å². The molecule has 13 heteroatoms. The minimum atomic E-state index is -4.68. The van der Waals surface area contributed by atoms with Gasteiger partial charge in [0.15, 0.2) is 11.9 Å². The van der Waals surface area contributed by atoms with E-state index in [1.54, 1.807) is 6.07 Å². The first-order valence-electron chi connectivity index (χ1n) is 11.1. The average Bonchev–Trinajstić information content (AvgIpc) is 3.39. The fraction of sp³-hybridized carbons (Fsp3) is 0.304. The number of hydrogen-bond acceptors (Lipinski definition) is 8. The number of anilines is 4. The van der Waals surface area contributed by atoms with Gasteiger partial charge < -0.3 is 20.3 Å². The van der Waals surface area contributed by atoms with Crippen molar-refractivity contribution in [1.29, 1.82) is 0 Å². The lowest BCUT2D eigenvalue weighted by Crippen LogP contribution is -2.25. The zero-order valence-electron chi connectivity index (χ0n) is 19.1. The SMILES string of the molecule is CC1OC1N1CCc2ccc(Nc3nc(NCc4ccc(S(N)(=O)=O)cc4)cc(C(F)(F)F)n3)cc21. The molecule has 2 atom stereocenters. The van der Waals surface area contributed by atoms with Crippen molar-refractivity contribution < 1.29 is 26.3 Å². The molecule has 2 aromatic carbocycles. The molecular formula is C23H23F3N6O3S. The number of nitrogens with zero attached hydrogens (tertiary/aromatic N) is 3. The van der Waals surface area contributed by atoms with E-state index in [2.05, 4.69) is 25.5 Å². The van der Waals surface area contributed by atoms with Gasteiger partial charge in [-0.25, -0.2) is 18.5 Å². The lowest BCUT2D eigenvalue weighted by molar-refractivity contribution is -0.141. The van der Waals surface area contributed by atoms with Crippen LogP contribution in [0.4, 0.5) is 36.3 Å². The van der Waals surface area contributed by atoms with Crippen molar-refractivity contribution in [3.63, 3.8) is 0 Å². The van der Waals surface area contributed by atoms with E-state index in [1.165, 1.54) is 24.3 Å². The number of sulfonamides is 1. The van der Waals surface area contributed by atoms with Gasteiger partial charge in [0.2, 0.25) is 16.0 Å². The molecule has 1 fully saturated rings. The van der Waals surface area contributed by atoms with Crippen LogP contribution in [0.5, 0.6) is 0 Å². The maximum absolute atomic E-state index is 13.5. The van der Waals surface area contributed by atoms with Crippen LogP contribution < -0.4 is 20.7 Å². The number of rotatable bonds is 7. The van der Waals surface area contributed by atoms with Crippen LogP contribution in [-0.2, 0) is 33.9 Å². The molecule has 2 aliphatic heterocycles. The van der Waals surface area contributed by atoms with Crippen molar-refractivity contribution in [2.75, 3.05) is 22.1 Å². The highest BCUT2D eigenvalue weighted by Gasteiger charge is 2.42. The summed E-state index contributed by atoms with van der Waals surface area (Å²) in [6.45, 7) is 2.91. The summed E-state index contributed by atoms with van der Waals surface area (Å²) < 4.78 is 69.0. The van der Waals surface area contributed by atoms with Gasteiger partial charge in [-0.15, -0.1) is 0 Å². The van der Waals surface area contributed by atoms with Crippen LogP contribution >= 0.6 is 0 Å². The summed E-state index contributed by atoms with van der Waals surface area (Å²) in [6.07, 6.45) is -3.65. The van der Waals surface area contributed by atoms with E-state index in [1.807, 2.05) is 19.1 Å². The Balaban J connectivity index is 1.36. The lowest BCUT2D eigenvalue weighted by atomic mass is 10.1. The molecule has 9 nitrogen and oxygen atoms in total. The van der Waals surface area contributed by atoms with Gasteiger partial charge >= 0.3 is 6.18 Å². The molecule has 0 aliphatic carbocycles. The number of epoxide rings is 1. The van der Waals surface area contributed by atoms with Gasteiger partial charge in [0.25, 0.3) is 0 Å². The molecule has 2 aliphatic rings. The number of nitrogens with one attached hydrogen (secondary N) is 2. The van der Waals surface area contributed by atoms with E-state index >= 15 is 0 Å². The van der Waals surface area contributed by atoms with Crippen LogP contribution in [-0.4, -0.2) is 37.3 Å². The van der Waals surface area contributed by atoms with Crippen LogP contribution in [0.2, 0.25) is 0 Å². The van der Waals surface area contributed by atoms with Crippen LogP contribution in [0.1, 0.15) is 23.7 Å². The first kappa shape index (κ1) is 24.3. The van der Waals surface area contributed by atoms with Gasteiger partial charge in [-0.2, -0.15) is 18.2 Å². The Kier molecular flexibility index (Phi) is 6.01. The van der Waals surface area contributed by atoms with Gasteiger partial charge in [-0.05, 0) is 48.7 Å². The number of nitrogens with two attached hydrogens (primary N) is 1. The summed E-state index contributed by atoms with van der Waals surface area (Å²) in [5.41, 5.74) is 2.19. The third-order valence-corrected chi connectivity index (χ3v) is 6.93. The monoisotopic (exact) mass is 520 g/mol. The lowest BCUT2D eigenvalue weighted by Gasteiger charge is -2.18. The highest BCUT2D eigenvalue weighted by atomic mass is 32.2. The Morgan fingerprint density at radius 2 is 1.86 bits per heavy atom. The highest BCUT2D eigenvalue weighted by Crippen LogP contribution is 2.39. The molecule has 190 valence electrons. The van der Waals surface area contributed by atoms with Gasteiger partial charge in [-0.3, -0.25) is 0 Å². The summed E-state index contributed by atoms with van der Waals surface area (Å²) in [4.78, 5) is 9.94. The first-order chi connectivity index (χ1) is 17.0. The Morgan fingerprint density at radius 1 is 1.14 bits per heavy atom. The summed E-state index contributed by atoms with van der Waals surface area (Å²) in [5, 5.41) is 10.8. The molecule has 0 amide bonds. The third kappa shape index (κ3) is 5.22. The van der Waals surface area contributed by atoms with Gasteiger partial charge in [-0.1, -0.05) is 18.2 Å². The number of fused-ring (bicyclic) bond motifs is 1. The minimum absolute atomic E-state index is 0.0149. The third-order valence-electron chi connectivity index (χ3n) is 6.00. The van der Waals surface area contributed by atoms with Crippen molar-refractivity contribution in [3.05, 3.63) is 65.4 Å². The quantitative estimate of drug-likeness (QED) is 0.404. The molecule has 2 unspecified atom stereocenters. The Bertz CT molecular complexity index is 1400. The number of benzene rings is 2. The molecule has 0 spiro atoms. The predicted octanol–water partition coefficient (Wildman–Crippen LogP) is 3.61. The number of alkyl halides is 3. The average molecular weight is 521 g/mol. The molecule has 0 bridgehead atoms. The van der Waals surface area contributed by atoms with E-state index in [-0.39, 0.29) is 35.5 Å². The van der Waals surface area contributed by atoms with E-state index in [0.717, 1.165) is 30.3 Å². The fourth-order valence-corrected chi connectivity index (χ4v) is 4.62. The molecule has 3 heterocycles.